The van der Waals surface area contributed by atoms with E-state index in [-0.39, 0.29) is 0 Å². The Morgan fingerprint density at radius 3 is 2.76 bits per heavy atom. The van der Waals surface area contributed by atoms with E-state index in [9.17, 15) is 4.79 Å². The van der Waals surface area contributed by atoms with Gasteiger partial charge in [0.15, 0.2) is 0 Å². The first kappa shape index (κ1) is 13.0. The first-order chi connectivity index (χ1) is 10.2. The molecule has 5 nitrogen and oxygen atoms in total. The smallest absolute Gasteiger partial charge is 0.225 e. The van der Waals surface area contributed by atoms with Crippen molar-refractivity contribution in [2.45, 2.75) is 38.6 Å². The second kappa shape index (κ2) is 4.68. The topological polar surface area (TPSA) is 58.1 Å². The average Bonchev–Trinajstić information content (AvgIpc) is 3.01. The van der Waals surface area contributed by atoms with E-state index in [1.165, 1.54) is 0 Å². The predicted molar refractivity (Wildman–Crippen MR) is 79.6 cm³/mol. The van der Waals surface area contributed by atoms with Crippen LogP contribution in [0.2, 0.25) is 0 Å². The number of hydrogen-bond acceptors (Lipinski definition) is 4. The van der Waals surface area contributed by atoms with E-state index in [0.717, 1.165) is 44.7 Å². The van der Waals surface area contributed by atoms with Crippen molar-refractivity contribution in [2.24, 2.45) is 17.3 Å². The number of carbonyl (C=O) groups is 1. The Bertz CT molecular complexity index is 540. The monoisotopic (exact) mass is 286 g/mol. The maximum absolute atomic E-state index is 12.3. The Hall–Kier alpha value is -1.65. The van der Waals surface area contributed by atoms with Crippen LogP contribution in [0, 0.1) is 17.3 Å². The van der Waals surface area contributed by atoms with Crippen LogP contribution in [0.1, 0.15) is 32.6 Å². The van der Waals surface area contributed by atoms with Crippen LogP contribution in [0.3, 0.4) is 0 Å². The molecule has 0 bridgehead atoms. The fraction of sp³-hybridized carbons (Fsp3) is 0.688. The molecule has 4 rings (SSSR count). The largest absolute Gasteiger partial charge is 0.351 e. The van der Waals surface area contributed by atoms with Crippen molar-refractivity contribution in [3.63, 3.8) is 0 Å². The van der Waals surface area contributed by atoms with Crippen molar-refractivity contribution in [1.82, 2.24) is 14.9 Å². The second-order valence-electron chi connectivity index (χ2n) is 7.15. The molecule has 2 heterocycles. The Balaban J connectivity index is 1.30. The number of carbonyl (C=O) groups excluding carboxylic acids is 1. The molecule has 112 valence electrons. The summed E-state index contributed by atoms with van der Waals surface area (Å²) in [6.07, 6.45) is 8.04. The molecule has 0 radical (unpaired) electrons. The molecule has 21 heavy (non-hydrogen) atoms. The first-order valence-corrected chi connectivity index (χ1v) is 7.98. The summed E-state index contributed by atoms with van der Waals surface area (Å²) in [5, 5.41) is 3.39. The molecule has 0 aromatic carbocycles. The van der Waals surface area contributed by atoms with Gasteiger partial charge in [0.05, 0.1) is 0 Å². The summed E-state index contributed by atoms with van der Waals surface area (Å²) in [7, 11) is 0. The zero-order valence-corrected chi connectivity index (χ0v) is 12.5. The number of amides is 1. The van der Waals surface area contributed by atoms with Crippen molar-refractivity contribution in [2.75, 3.05) is 18.4 Å². The molecule has 1 saturated heterocycles. The summed E-state index contributed by atoms with van der Waals surface area (Å²) < 4.78 is 0. The molecule has 1 aromatic heterocycles. The van der Waals surface area contributed by atoms with E-state index >= 15 is 0 Å². The molecule has 1 aliphatic heterocycles. The minimum atomic E-state index is 0.326. The highest BCUT2D eigenvalue weighted by atomic mass is 16.2. The molecule has 1 amide bonds. The van der Waals surface area contributed by atoms with Gasteiger partial charge < -0.3 is 10.2 Å². The molecule has 2 saturated carbocycles. The van der Waals surface area contributed by atoms with Crippen molar-refractivity contribution in [1.29, 1.82) is 0 Å². The molecule has 5 heteroatoms. The molecule has 3 aliphatic rings. The van der Waals surface area contributed by atoms with Crippen molar-refractivity contribution < 1.29 is 4.79 Å². The molecular weight excluding hydrogens is 264 g/mol. The van der Waals surface area contributed by atoms with Crippen LogP contribution in [0.4, 0.5) is 5.95 Å². The third-order valence-electron chi connectivity index (χ3n) is 5.43. The summed E-state index contributed by atoms with van der Waals surface area (Å²) in [5.41, 5.74) is 0.361. The Kier molecular flexibility index (Phi) is 2.91. The Morgan fingerprint density at radius 1 is 1.38 bits per heavy atom. The van der Waals surface area contributed by atoms with Gasteiger partial charge in [-0.2, -0.15) is 0 Å². The molecule has 2 atom stereocenters. The molecule has 2 aliphatic carbocycles. The number of nitrogens with one attached hydrogen (secondary N) is 1. The lowest BCUT2D eigenvalue weighted by Gasteiger charge is -2.45. The zero-order valence-electron chi connectivity index (χ0n) is 12.5. The highest BCUT2D eigenvalue weighted by Gasteiger charge is 2.51. The van der Waals surface area contributed by atoms with Crippen LogP contribution in [0.25, 0.3) is 0 Å². The molecule has 1 N–H and O–H groups in total. The molecule has 2 unspecified atom stereocenters. The van der Waals surface area contributed by atoms with E-state index in [2.05, 4.69) is 27.1 Å². The zero-order chi connectivity index (χ0) is 14.4. The third kappa shape index (κ3) is 2.39. The van der Waals surface area contributed by atoms with Gasteiger partial charge >= 0.3 is 0 Å². The summed E-state index contributed by atoms with van der Waals surface area (Å²) in [6.45, 7) is 4.09. The van der Waals surface area contributed by atoms with E-state index in [0.29, 0.717) is 29.2 Å². The number of hydrogen-bond donors (Lipinski definition) is 1. The predicted octanol–water partition coefficient (Wildman–Crippen LogP) is 1.93. The highest BCUT2D eigenvalue weighted by Crippen LogP contribution is 2.50. The van der Waals surface area contributed by atoms with Gasteiger partial charge in [-0.15, -0.1) is 0 Å². The van der Waals surface area contributed by atoms with Gasteiger partial charge in [0.2, 0.25) is 11.9 Å². The van der Waals surface area contributed by atoms with Crippen LogP contribution in [-0.2, 0) is 4.79 Å². The van der Waals surface area contributed by atoms with Gasteiger partial charge in [-0.3, -0.25) is 4.79 Å². The van der Waals surface area contributed by atoms with Gasteiger partial charge in [0, 0.05) is 37.4 Å². The SMILES string of the molecule is CC1CC1C(=O)N1CCC2(CC(Nc3ncccn3)C2)C1. The number of nitrogens with zero attached hydrogens (tertiary/aromatic N) is 3. The van der Waals surface area contributed by atoms with E-state index in [1.807, 2.05) is 6.07 Å². The summed E-state index contributed by atoms with van der Waals surface area (Å²) in [6, 6.07) is 2.29. The van der Waals surface area contributed by atoms with Gasteiger partial charge in [0.1, 0.15) is 0 Å². The second-order valence-corrected chi connectivity index (χ2v) is 7.15. The number of anilines is 1. The van der Waals surface area contributed by atoms with Gasteiger partial charge in [-0.25, -0.2) is 9.97 Å². The van der Waals surface area contributed by atoms with Crippen LogP contribution in [-0.4, -0.2) is 39.9 Å². The van der Waals surface area contributed by atoms with Crippen LogP contribution in [0.5, 0.6) is 0 Å². The molecular formula is C16H22N4O. The van der Waals surface area contributed by atoms with E-state index in [1.54, 1.807) is 12.4 Å². The average molecular weight is 286 g/mol. The highest BCUT2D eigenvalue weighted by molar-refractivity contribution is 5.82. The summed E-state index contributed by atoms with van der Waals surface area (Å²) >= 11 is 0. The Labute approximate surface area is 125 Å². The maximum Gasteiger partial charge on any atom is 0.225 e. The fourth-order valence-corrected chi connectivity index (χ4v) is 4.00. The van der Waals surface area contributed by atoms with Crippen molar-refractivity contribution >= 4 is 11.9 Å². The normalized spacial score (nSPS) is 37.4. The van der Waals surface area contributed by atoms with Crippen molar-refractivity contribution in [3.8, 4) is 0 Å². The minimum Gasteiger partial charge on any atom is -0.351 e. The van der Waals surface area contributed by atoms with E-state index in [4.69, 9.17) is 0 Å². The lowest BCUT2D eigenvalue weighted by atomic mass is 9.65. The van der Waals surface area contributed by atoms with Crippen molar-refractivity contribution in [3.05, 3.63) is 18.5 Å². The lowest BCUT2D eigenvalue weighted by Crippen LogP contribution is -2.47. The minimum absolute atomic E-state index is 0.326. The van der Waals surface area contributed by atoms with Gasteiger partial charge in [-0.1, -0.05) is 6.92 Å². The standard InChI is InChI=1S/C16H22N4O/c1-11-7-13(11)14(21)20-6-3-16(10-20)8-12(9-16)19-15-17-4-2-5-18-15/h2,4-5,11-13H,3,6-10H2,1H3,(H,17,18,19). The van der Waals surface area contributed by atoms with Gasteiger partial charge in [0.25, 0.3) is 0 Å². The van der Waals surface area contributed by atoms with Gasteiger partial charge in [-0.05, 0) is 43.1 Å². The third-order valence-corrected chi connectivity index (χ3v) is 5.43. The molecule has 1 spiro atoms. The number of likely N-dealkylation sites (tertiary alicyclic amines) is 1. The van der Waals surface area contributed by atoms with Crippen LogP contribution >= 0.6 is 0 Å². The summed E-state index contributed by atoms with van der Waals surface area (Å²) in [5.74, 6) is 2.06. The number of aromatic nitrogens is 2. The number of rotatable bonds is 3. The first-order valence-electron chi connectivity index (χ1n) is 7.98. The quantitative estimate of drug-likeness (QED) is 0.922. The Morgan fingerprint density at radius 2 is 2.10 bits per heavy atom. The maximum atomic E-state index is 12.3. The fourth-order valence-electron chi connectivity index (χ4n) is 4.00. The molecule has 1 aromatic rings. The van der Waals surface area contributed by atoms with Crippen LogP contribution < -0.4 is 5.32 Å². The van der Waals surface area contributed by atoms with Crippen LogP contribution in [0.15, 0.2) is 18.5 Å². The summed E-state index contributed by atoms with van der Waals surface area (Å²) in [4.78, 5) is 22.8. The molecule has 3 fully saturated rings. The van der Waals surface area contributed by atoms with E-state index < -0.39 is 0 Å². The lowest BCUT2D eigenvalue weighted by molar-refractivity contribution is -0.132.